The Morgan fingerprint density at radius 1 is 1.53 bits per heavy atom. The molecule has 19 heavy (non-hydrogen) atoms. The summed E-state index contributed by atoms with van der Waals surface area (Å²) >= 11 is 0. The van der Waals surface area contributed by atoms with Crippen LogP contribution in [0.15, 0.2) is 6.20 Å². The number of nitrogens with zero attached hydrogens (tertiary/aromatic N) is 2. The molecule has 0 radical (unpaired) electrons. The highest BCUT2D eigenvalue weighted by atomic mass is 32.2. The van der Waals surface area contributed by atoms with Gasteiger partial charge in [0.25, 0.3) is 0 Å². The number of hydrogen-bond donors (Lipinski definition) is 1. The zero-order chi connectivity index (χ0) is 14.0. The van der Waals surface area contributed by atoms with Crippen molar-refractivity contribution in [3.63, 3.8) is 0 Å². The second-order valence-corrected chi connectivity index (χ2v) is 8.16. The summed E-state index contributed by atoms with van der Waals surface area (Å²) in [7, 11) is -2.90. The monoisotopic (exact) mass is 285 g/mol. The Labute approximate surface area is 115 Å². The third-order valence-electron chi connectivity index (χ3n) is 3.43. The number of hydrogen-bond acceptors (Lipinski definition) is 4. The maximum absolute atomic E-state index is 11.9. The summed E-state index contributed by atoms with van der Waals surface area (Å²) in [6.07, 6.45) is 3.48. The van der Waals surface area contributed by atoms with Crippen LogP contribution >= 0.6 is 0 Å². The Morgan fingerprint density at radius 3 is 2.84 bits per heavy atom. The van der Waals surface area contributed by atoms with Gasteiger partial charge < -0.3 is 9.88 Å². The third-order valence-corrected chi connectivity index (χ3v) is 5.69. The molecule has 1 unspecified atom stereocenters. The van der Waals surface area contributed by atoms with Gasteiger partial charge >= 0.3 is 0 Å². The van der Waals surface area contributed by atoms with Gasteiger partial charge in [-0.1, -0.05) is 13.8 Å². The second-order valence-electron chi connectivity index (χ2n) is 5.76. The van der Waals surface area contributed by atoms with Crippen molar-refractivity contribution in [3.05, 3.63) is 11.9 Å². The average molecular weight is 285 g/mol. The van der Waals surface area contributed by atoms with Crippen LogP contribution in [-0.4, -0.2) is 35.5 Å². The van der Waals surface area contributed by atoms with Crippen molar-refractivity contribution in [2.75, 3.05) is 17.6 Å². The lowest BCUT2D eigenvalue weighted by Crippen LogP contribution is -2.23. The molecular formula is C13H23N3O2S. The summed E-state index contributed by atoms with van der Waals surface area (Å²) in [5.74, 6) is 1.65. The largest absolute Gasteiger partial charge is 0.355 e. The smallest absolute Gasteiger partial charge is 0.203 e. The number of imidazole rings is 1. The number of nitrogens with one attached hydrogen (secondary N) is 1. The summed E-state index contributed by atoms with van der Waals surface area (Å²) < 4.78 is 25.7. The van der Waals surface area contributed by atoms with Crippen LogP contribution in [0.2, 0.25) is 0 Å². The topological polar surface area (TPSA) is 64.0 Å². The Kier molecular flexibility index (Phi) is 4.18. The molecule has 2 heterocycles. The summed E-state index contributed by atoms with van der Waals surface area (Å²) in [5, 5.41) is 3.04. The van der Waals surface area contributed by atoms with E-state index in [0.29, 0.717) is 18.2 Å². The molecule has 1 aliphatic rings. The molecule has 1 N–H and O–H groups in total. The molecular weight excluding hydrogens is 262 g/mol. The summed E-state index contributed by atoms with van der Waals surface area (Å²) in [6, 6.07) is 0. The molecule has 0 aliphatic carbocycles. The van der Waals surface area contributed by atoms with Gasteiger partial charge in [0.15, 0.2) is 9.84 Å². The molecule has 1 aromatic heterocycles. The highest BCUT2D eigenvalue weighted by molar-refractivity contribution is 7.92. The Morgan fingerprint density at radius 2 is 2.26 bits per heavy atom. The number of aromatic nitrogens is 2. The van der Waals surface area contributed by atoms with Crippen molar-refractivity contribution in [1.82, 2.24) is 9.55 Å². The zero-order valence-electron chi connectivity index (χ0n) is 11.9. The molecule has 1 aromatic rings. The van der Waals surface area contributed by atoms with Gasteiger partial charge in [0.1, 0.15) is 0 Å². The van der Waals surface area contributed by atoms with Crippen LogP contribution in [0.1, 0.15) is 32.4 Å². The molecule has 5 nitrogen and oxygen atoms in total. The van der Waals surface area contributed by atoms with Crippen molar-refractivity contribution < 1.29 is 8.42 Å². The first-order chi connectivity index (χ1) is 8.88. The number of rotatable bonds is 5. The van der Waals surface area contributed by atoms with E-state index in [1.807, 2.05) is 17.7 Å². The zero-order valence-corrected chi connectivity index (χ0v) is 12.7. The molecule has 1 aliphatic heterocycles. The van der Waals surface area contributed by atoms with Gasteiger partial charge in [-0.15, -0.1) is 0 Å². The lowest BCUT2D eigenvalue weighted by molar-refractivity contribution is 0.566. The number of aryl methyl sites for hydroxylation is 1. The molecule has 1 fully saturated rings. The first kappa shape index (κ1) is 14.4. The van der Waals surface area contributed by atoms with E-state index < -0.39 is 9.84 Å². The van der Waals surface area contributed by atoms with Crippen LogP contribution < -0.4 is 5.32 Å². The van der Waals surface area contributed by atoms with Gasteiger partial charge in [0.05, 0.1) is 16.7 Å². The molecule has 6 heteroatoms. The minimum absolute atomic E-state index is 0.249. The van der Waals surface area contributed by atoms with Crippen LogP contribution in [-0.2, 0) is 16.4 Å². The third kappa shape index (κ3) is 3.49. The number of sulfone groups is 1. The van der Waals surface area contributed by atoms with Crippen LogP contribution in [0.3, 0.4) is 0 Å². The quantitative estimate of drug-likeness (QED) is 0.896. The van der Waals surface area contributed by atoms with E-state index in [1.165, 1.54) is 0 Å². The van der Waals surface area contributed by atoms with E-state index in [0.717, 1.165) is 31.0 Å². The van der Waals surface area contributed by atoms with Gasteiger partial charge in [0.2, 0.25) is 5.95 Å². The van der Waals surface area contributed by atoms with Crippen LogP contribution in [0.4, 0.5) is 5.95 Å². The minimum atomic E-state index is -2.90. The predicted octanol–water partition coefficient (Wildman–Crippen LogP) is 1.84. The molecule has 0 bridgehead atoms. The molecule has 0 amide bonds. The van der Waals surface area contributed by atoms with Crippen molar-refractivity contribution in [2.45, 2.75) is 45.4 Å². The SMILES string of the molecule is Cc1cn(CC2CCCS2(=O)=O)c(NCC(C)C)n1. The molecule has 2 rings (SSSR count). The van der Waals surface area contributed by atoms with Crippen molar-refractivity contribution >= 4 is 15.8 Å². The van der Waals surface area contributed by atoms with Crippen molar-refractivity contribution in [3.8, 4) is 0 Å². The maximum Gasteiger partial charge on any atom is 0.203 e. The van der Waals surface area contributed by atoms with Crippen molar-refractivity contribution in [2.24, 2.45) is 5.92 Å². The molecule has 0 aromatic carbocycles. The van der Waals surface area contributed by atoms with Crippen LogP contribution in [0, 0.1) is 12.8 Å². The lowest BCUT2D eigenvalue weighted by atomic mass is 10.2. The van der Waals surface area contributed by atoms with Gasteiger partial charge in [-0.3, -0.25) is 0 Å². The lowest BCUT2D eigenvalue weighted by Gasteiger charge is -2.14. The fraction of sp³-hybridized carbons (Fsp3) is 0.769. The Balaban J connectivity index is 2.11. The van der Waals surface area contributed by atoms with E-state index in [4.69, 9.17) is 0 Å². The standard InChI is InChI=1S/C13H23N3O2S/c1-10(2)7-14-13-15-11(3)8-16(13)9-12-5-4-6-19(12,17)18/h8,10,12H,4-7,9H2,1-3H3,(H,14,15). The van der Waals surface area contributed by atoms with Crippen LogP contribution in [0.25, 0.3) is 0 Å². The number of anilines is 1. The molecule has 108 valence electrons. The molecule has 1 saturated heterocycles. The average Bonchev–Trinajstić information content (AvgIpc) is 2.80. The van der Waals surface area contributed by atoms with E-state index in [9.17, 15) is 8.42 Å². The highest BCUT2D eigenvalue weighted by Gasteiger charge is 2.31. The van der Waals surface area contributed by atoms with Crippen LogP contribution in [0.5, 0.6) is 0 Å². The van der Waals surface area contributed by atoms with Crippen molar-refractivity contribution in [1.29, 1.82) is 0 Å². The first-order valence-electron chi connectivity index (χ1n) is 6.87. The minimum Gasteiger partial charge on any atom is -0.355 e. The maximum atomic E-state index is 11.9. The van der Waals surface area contributed by atoms with E-state index in [2.05, 4.69) is 24.1 Å². The molecule has 0 saturated carbocycles. The Hall–Kier alpha value is -1.04. The molecule has 1 atom stereocenters. The first-order valence-corrected chi connectivity index (χ1v) is 8.59. The van der Waals surface area contributed by atoms with Gasteiger partial charge in [-0.2, -0.15) is 0 Å². The Bertz CT molecular complexity index is 534. The fourth-order valence-electron chi connectivity index (χ4n) is 2.41. The van der Waals surface area contributed by atoms with E-state index in [1.54, 1.807) is 0 Å². The summed E-state index contributed by atoms with van der Waals surface area (Å²) in [4.78, 5) is 4.43. The summed E-state index contributed by atoms with van der Waals surface area (Å²) in [6.45, 7) is 7.56. The predicted molar refractivity (Wildman–Crippen MR) is 77.1 cm³/mol. The van der Waals surface area contributed by atoms with Gasteiger partial charge in [-0.25, -0.2) is 13.4 Å². The van der Waals surface area contributed by atoms with E-state index >= 15 is 0 Å². The van der Waals surface area contributed by atoms with Gasteiger partial charge in [-0.05, 0) is 25.7 Å². The fourth-order valence-corrected chi connectivity index (χ4v) is 4.22. The second kappa shape index (κ2) is 5.53. The van der Waals surface area contributed by atoms with E-state index in [-0.39, 0.29) is 5.25 Å². The summed E-state index contributed by atoms with van der Waals surface area (Å²) in [5.41, 5.74) is 0.918. The highest BCUT2D eigenvalue weighted by Crippen LogP contribution is 2.23. The van der Waals surface area contributed by atoms with Gasteiger partial charge in [0, 0.05) is 19.3 Å². The molecule has 0 spiro atoms. The normalized spacial score (nSPS) is 22.0.